The van der Waals surface area contributed by atoms with Gasteiger partial charge in [0.05, 0.1) is 12.0 Å². The number of hydrogen-bond donors (Lipinski definition) is 2. The fourth-order valence-corrected chi connectivity index (χ4v) is 4.06. The number of likely N-dealkylation sites (tertiary alicyclic amines) is 1. The number of benzene rings is 2. The molecule has 0 unspecified atom stereocenters. The van der Waals surface area contributed by atoms with Gasteiger partial charge in [0.2, 0.25) is 5.91 Å². The largest absolute Gasteiger partial charge is 0.369 e. The second-order valence-electron chi connectivity index (χ2n) is 7.16. The molecule has 1 aromatic heterocycles. The molecule has 3 N–H and O–H groups in total. The highest BCUT2D eigenvalue weighted by Crippen LogP contribution is 2.32. The van der Waals surface area contributed by atoms with Crippen molar-refractivity contribution in [3.8, 4) is 0 Å². The SMILES string of the molecule is NC(=O)[C@H]1CCCN([C@H](C(=O)c2c[nH]c3ccccc23)c2ccccc2)C1. The first-order valence-corrected chi connectivity index (χ1v) is 9.34. The number of amides is 1. The number of nitrogens with two attached hydrogens (primary N) is 1. The predicted molar refractivity (Wildman–Crippen MR) is 105 cm³/mol. The van der Waals surface area contributed by atoms with E-state index in [0.717, 1.165) is 35.9 Å². The number of ketones is 1. The highest BCUT2D eigenvalue weighted by molar-refractivity contribution is 6.10. The Kier molecular flexibility index (Phi) is 4.77. The Morgan fingerprint density at radius 2 is 1.81 bits per heavy atom. The van der Waals surface area contributed by atoms with Gasteiger partial charge in [-0.15, -0.1) is 0 Å². The molecular weight excluding hydrogens is 338 g/mol. The summed E-state index contributed by atoms with van der Waals surface area (Å²) in [5.74, 6) is -0.449. The first kappa shape index (κ1) is 17.5. The van der Waals surface area contributed by atoms with Crippen LogP contribution in [0.25, 0.3) is 10.9 Å². The molecule has 1 aliphatic heterocycles. The van der Waals surface area contributed by atoms with Crippen molar-refractivity contribution in [3.63, 3.8) is 0 Å². The lowest BCUT2D eigenvalue weighted by atomic mass is 9.90. The third kappa shape index (κ3) is 3.38. The molecule has 2 heterocycles. The highest BCUT2D eigenvalue weighted by atomic mass is 16.1. The summed E-state index contributed by atoms with van der Waals surface area (Å²) in [6.45, 7) is 1.29. The number of nitrogens with one attached hydrogen (secondary N) is 1. The Bertz CT molecular complexity index is 964. The number of piperidine rings is 1. The van der Waals surface area contributed by atoms with Crippen molar-refractivity contribution in [1.29, 1.82) is 0 Å². The van der Waals surface area contributed by atoms with Gasteiger partial charge in [-0.05, 0) is 31.0 Å². The van der Waals surface area contributed by atoms with Gasteiger partial charge in [0, 0.05) is 29.2 Å². The van der Waals surface area contributed by atoms with Crippen LogP contribution in [0.15, 0.2) is 60.8 Å². The molecule has 1 saturated heterocycles. The Hall–Kier alpha value is -2.92. The van der Waals surface area contributed by atoms with Crippen molar-refractivity contribution in [3.05, 3.63) is 71.9 Å². The fraction of sp³-hybridized carbons (Fsp3) is 0.273. The van der Waals surface area contributed by atoms with Crippen molar-refractivity contribution in [2.75, 3.05) is 13.1 Å². The number of Topliss-reactive ketones (excluding diaryl/α,β-unsaturated/α-hetero) is 1. The van der Waals surface area contributed by atoms with Gasteiger partial charge in [0.1, 0.15) is 0 Å². The van der Waals surface area contributed by atoms with Crippen molar-refractivity contribution in [2.24, 2.45) is 11.7 Å². The number of primary amides is 1. The summed E-state index contributed by atoms with van der Waals surface area (Å²) in [6, 6.07) is 17.2. The van der Waals surface area contributed by atoms with Crippen LogP contribution >= 0.6 is 0 Å². The van der Waals surface area contributed by atoms with Crippen LogP contribution in [0.5, 0.6) is 0 Å². The molecule has 138 valence electrons. The first-order chi connectivity index (χ1) is 13.1. The summed E-state index contributed by atoms with van der Waals surface area (Å²) in [4.78, 5) is 30.7. The number of aromatic amines is 1. The smallest absolute Gasteiger partial charge is 0.221 e. The van der Waals surface area contributed by atoms with Crippen molar-refractivity contribution < 1.29 is 9.59 Å². The van der Waals surface area contributed by atoms with Crippen LogP contribution in [0.2, 0.25) is 0 Å². The van der Waals surface area contributed by atoms with E-state index >= 15 is 0 Å². The number of nitrogens with zero attached hydrogens (tertiary/aromatic N) is 1. The number of para-hydroxylation sites is 1. The van der Waals surface area contributed by atoms with Crippen molar-refractivity contribution >= 4 is 22.6 Å². The summed E-state index contributed by atoms with van der Waals surface area (Å²) in [7, 11) is 0. The van der Waals surface area contributed by atoms with Crippen LogP contribution in [-0.4, -0.2) is 34.7 Å². The molecule has 5 nitrogen and oxygen atoms in total. The van der Waals surface area contributed by atoms with Crippen LogP contribution in [0.4, 0.5) is 0 Å². The van der Waals surface area contributed by atoms with E-state index in [1.54, 1.807) is 6.20 Å². The highest BCUT2D eigenvalue weighted by Gasteiger charge is 2.34. The minimum Gasteiger partial charge on any atom is -0.369 e. The molecule has 1 amide bonds. The van der Waals surface area contributed by atoms with Gasteiger partial charge in [-0.25, -0.2) is 0 Å². The predicted octanol–water partition coefficient (Wildman–Crippen LogP) is 3.29. The Balaban J connectivity index is 1.74. The topological polar surface area (TPSA) is 79.2 Å². The molecule has 0 radical (unpaired) electrons. The standard InChI is InChI=1S/C22H23N3O2/c23-22(27)16-9-6-12-25(14-16)20(15-7-2-1-3-8-15)21(26)18-13-24-19-11-5-4-10-17(18)19/h1-5,7-8,10-11,13,16,20,24H,6,9,12,14H2,(H2,23,27)/t16-,20-/m0/s1. The van der Waals surface area contributed by atoms with E-state index in [0.29, 0.717) is 12.1 Å². The van der Waals surface area contributed by atoms with Gasteiger partial charge < -0.3 is 10.7 Å². The zero-order valence-corrected chi connectivity index (χ0v) is 15.1. The van der Waals surface area contributed by atoms with Crippen LogP contribution in [-0.2, 0) is 4.79 Å². The molecule has 0 aliphatic carbocycles. The zero-order valence-electron chi connectivity index (χ0n) is 15.1. The number of carbonyl (C=O) groups is 2. The minimum atomic E-state index is -0.424. The van der Waals surface area contributed by atoms with Gasteiger partial charge in [0.15, 0.2) is 5.78 Å². The molecule has 27 heavy (non-hydrogen) atoms. The molecule has 2 aromatic carbocycles. The summed E-state index contributed by atoms with van der Waals surface area (Å²) in [5, 5.41) is 0.923. The van der Waals surface area contributed by atoms with Crippen LogP contribution in [0.3, 0.4) is 0 Å². The third-order valence-electron chi connectivity index (χ3n) is 5.44. The number of fused-ring (bicyclic) bond motifs is 1. The van der Waals surface area contributed by atoms with Gasteiger partial charge in [0.25, 0.3) is 0 Å². The lowest BCUT2D eigenvalue weighted by Gasteiger charge is -2.36. The average Bonchev–Trinajstić information content (AvgIpc) is 3.13. The first-order valence-electron chi connectivity index (χ1n) is 9.34. The molecule has 0 saturated carbocycles. The van der Waals surface area contributed by atoms with E-state index < -0.39 is 6.04 Å². The Labute approximate surface area is 158 Å². The van der Waals surface area contributed by atoms with Crippen LogP contribution in [0, 0.1) is 5.92 Å². The molecule has 0 spiro atoms. The maximum atomic E-state index is 13.6. The van der Waals surface area contributed by atoms with Crippen molar-refractivity contribution in [1.82, 2.24) is 9.88 Å². The second-order valence-corrected chi connectivity index (χ2v) is 7.16. The number of aromatic nitrogens is 1. The Morgan fingerprint density at radius 3 is 2.59 bits per heavy atom. The molecular formula is C22H23N3O2. The maximum absolute atomic E-state index is 13.6. The van der Waals surface area contributed by atoms with Gasteiger partial charge >= 0.3 is 0 Å². The normalized spacial score (nSPS) is 19.0. The summed E-state index contributed by atoms with van der Waals surface area (Å²) in [5.41, 5.74) is 8.13. The molecule has 4 rings (SSSR count). The van der Waals surface area contributed by atoms with E-state index in [1.165, 1.54) is 0 Å². The van der Waals surface area contributed by atoms with Gasteiger partial charge in [-0.3, -0.25) is 14.5 Å². The molecule has 2 atom stereocenters. The second kappa shape index (κ2) is 7.37. The molecule has 3 aromatic rings. The number of rotatable bonds is 5. The lowest BCUT2D eigenvalue weighted by Crippen LogP contribution is -2.45. The minimum absolute atomic E-state index is 0.0452. The van der Waals surface area contributed by atoms with Gasteiger partial charge in [-0.2, -0.15) is 0 Å². The fourth-order valence-electron chi connectivity index (χ4n) is 4.06. The summed E-state index contributed by atoms with van der Waals surface area (Å²) < 4.78 is 0. The van der Waals surface area contributed by atoms with E-state index in [1.807, 2.05) is 54.6 Å². The zero-order chi connectivity index (χ0) is 18.8. The number of H-pyrrole nitrogens is 1. The lowest BCUT2D eigenvalue weighted by molar-refractivity contribution is -0.123. The molecule has 1 aliphatic rings. The Morgan fingerprint density at radius 1 is 1.07 bits per heavy atom. The van der Waals surface area contributed by atoms with E-state index in [2.05, 4.69) is 9.88 Å². The number of hydrogen-bond acceptors (Lipinski definition) is 3. The summed E-state index contributed by atoms with van der Waals surface area (Å²) >= 11 is 0. The van der Waals surface area contributed by atoms with E-state index in [9.17, 15) is 9.59 Å². The maximum Gasteiger partial charge on any atom is 0.221 e. The van der Waals surface area contributed by atoms with E-state index in [4.69, 9.17) is 5.73 Å². The monoisotopic (exact) mass is 361 g/mol. The number of carbonyl (C=O) groups excluding carboxylic acids is 2. The summed E-state index contributed by atoms with van der Waals surface area (Å²) in [6.07, 6.45) is 3.44. The average molecular weight is 361 g/mol. The molecule has 5 heteroatoms. The van der Waals surface area contributed by atoms with Crippen LogP contribution < -0.4 is 5.73 Å². The van der Waals surface area contributed by atoms with Gasteiger partial charge in [-0.1, -0.05) is 48.5 Å². The van der Waals surface area contributed by atoms with Crippen LogP contribution in [0.1, 0.15) is 34.8 Å². The third-order valence-corrected chi connectivity index (χ3v) is 5.44. The van der Waals surface area contributed by atoms with E-state index in [-0.39, 0.29) is 17.6 Å². The quantitative estimate of drug-likeness (QED) is 0.685. The molecule has 1 fully saturated rings. The van der Waals surface area contributed by atoms with Crippen molar-refractivity contribution in [2.45, 2.75) is 18.9 Å². The molecule has 0 bridgehead atoms.